The van der Waals surface area contributed by atoms with Gasteiger partial charge in [0, 0.05) is 29.0 Å². The minimum atomic E-state index is -0.0773. The fourth-order valence-electron chi connectivity index (χ4n) is 3.37. The lowest BCUT2D eigenvalue weighted by molar-refractivity contribution is -0.121. The number of nitrogens with one attached hydrogen (secondary N) is 1. The number of aryl methyl sites for hydroxylation is 2. The number of carbonyl (C=O) groups is 1. The largest absolute Gasteiger partial charge is 0.464 e. The maximum absolute atomic E-state index is 12.6. The first-order valence-electron chi connectivity index (χ1n) is 9.36. The van der Waals surface area contributed by atoms with Gasteiger partial charge in [-0.25, -0.2) is 4.98 Å². The van der Waals surface area contributed by atoms with Gasteiger partial charge in [0.15, 0.2) is 0 Å². The zero-order valence-corrected chi connectivity index (χ0v) is 16.3. The Kier molecular flexibility index (Phi) is 4.74. The maximum Gasteiger partial charge on any atom is 0.225 e. The average Bonchev–Trinajstić information content (AvgIpc) is 3.33. The van der Waals surface area contributed by atoms with E-state index in [9.17, 15) is 4.79 Å². The zero-order valence-electron chi connectivity index (χ0n) is 16.3. The molecule has 0 bridgehead atoms. The summed E-state index contributed by atoms with van der Waals surface area (Å²) in [4.78, 5) is 16.6. The molecule has 0 aliphatic carbocycles. The molecule has 0 saturated carbocycles. The predicted molar refractivity (Wildman–Crippen MR) is 110 cm³/mol. The lowest BCUT2D eigenvalue weighted by atomic mass is 10.0. The molecule has 0 saturated heterocycles. The average molecular weight is 373 g/mol. The molecule has 2 aromatic carbocycles. The Morgan fingerprint density at radius 3 is 2.64 bits per heavy atom. The van der Waals surface area contributed by atoms with Crippen molar-refractivity contribution in [1.82, 2.24) is 14.9 Å². The molecule has 5 heteroatoms. The van der Waals surface area contributed by atoms with E-state index in [1.54, 1.807) is 18.8 Å². The van der Waals surface area contributed by atoms with Gasteiger partial charge in [-0.15, -0.1) is 0 Å². The number of furan rings is 1. The zero-order chi connectivity index (χ0) is 19.7. The van der Waals surface area contributed by atoms with Gasteiger partial charge >= 0.3 is 0 Å². The Bertz CT molecular complexity index is 1110. The summed E-state index contributed by atoms with van der Waals surface area (Å²) < 4.78 is 7.58. The second-order valence-electron chi connectivity index (χ2n) is 7.22. The third kappa shape index (κ3) is 3.56. The van der Waals surface area contributed by atoms with Crippen molar-refractivity contribution in [3.8, 4) is 5.69 Å². The molecule has 5 nitrogen and oxygen atoms in total. The van der Waals surface area contributed by atoms with Gasteiger partial charge in [0.2, 0.25) is 5.91 Å². The van der Waals surface area contributed by atoms with Gasteiger partial charge in [-0.1, -0.05) is 12.1 Å². The van der Waals surface area contributed by atoms with E-state index in [-0.39, 0.29) is 11.9 Å². The van der Waals surface area contributed by atoms with Crippen LogP contribution in [0, 0.1) is 13.8 Å². The fourth-order valence-corrected chi connectivity index (χ4v) is 3.37. The molecule has 0 radical (unpaired) electrons. The van der Waals surface area contributed by atoms with Crippen LogP contribution in [0.25, 0.3) is 16.7 Å². The van der Waals surface area contributed by atoms with Crippen LogP contribution in [0.15, 0.2) is 65.8 Å². The van der Waals surface area contributed by atoms with E-state index in [1.807, 2.05) is 48.0 Å². The highest BCUT2D eigenvalue weighted by molar-refractivity contribution is 5.88. The second-order valence-corrected chi connectivity index (χ2v) is 7.22. The van der Waals surface area contributed by atoms with E-state index in [2.05, 4.69) is 30.2 Å². The van der Waals surface area contributed by atoms with Crippen LogP contribution >= 0.6 is 0 Å². The van der Waals surface area contributed by atoms with E-state index in [4.69, 9.17) is 4.42 Å². The predicted octanol–water partition coefficient (Wildman–Crippen LogP) is 4.66. The maximum atomic E-state index is 12.6. The molecule has 142 valence electrons. The third-order valence-electron chi connectivity index (χ3n) is 5.19. The number of benzene rings is 2. The quantitative estimate of drug-likeness (QED) is 0.554. The highest BCUT2D eigenvalue weighted by Gasteiger charge is 2.14. The third-order valence-corrected chi connectivity index (χ3v) is 5.19. The van der Waals surface area contributed by atoms with Crippen LogP contribution in [0.3, 0.4) is 0 Å². The number of nitrogens with zero attached hydrogens (tertiary/aromatic N) is 2. The first-order chi connectivity index (χ1) is 13.5. The molecule has 28 heavy (non-hydrogen) atoms. The first kappa shape index (κ1) is 18.0. The number of fused-ring (bicyclic) bond motifs is 1. The minimum absolute atomic E-state index is 0.0212. The van der Waals surface area contributed by atoms with Crippen LogP contribution < -0.4 is 5.32 Å². The van der Waals surface area contributed by atoms with Gasteiger partial charge < -0.3 is 14.3 Å². The molecule has 4 aromatic rings. The number of hydrogen-bond donors (Lipinski definition) is 1. The van der Waals surface area contributed by atoms with Gasteiger partial charge in [0.1, 0.15) is 5.58 Å². The molecule has 2 aromatic heterocycles. The summed E-state index contributed by atoms with van der Waals surface area (Å²) >= 11 is 0. The Hall–Kier alpha value is -3.34. The van der Waals surface area contributed by atoms with Crippen molar-refractivity contribution in [1.29, 1.82) is 0 Å². The molecular weight excluding hydrogens is 350 g/mol. The van der Waals surface area contributed by atoms with Gasteiger partial charge in [-0.05, 0) is 61.7 Å². The topological polar surface area (TPSA) is 60.1 Å². The summed E-state index contributed by atoms with van der Waals surface area (Å²) in [6, 6.07) is 12.1. The number of rotatable bonds is 5. The van der Waals surface area contributed by atoms with E-state index in [0.717, 1.165) is 27.8 Å². The first-order valence-corrected chi connectivity index (χ1v) is 9.36. The summed E-state index contributed by atoms with van der Waals surface area (Å²) in [6.45, 7) is 6.12. The molecule has 1 atom stereocenters. The molecule has 2 heterocycles. The summed E-state index contributed by atoms with van der Waals surface area (Å²) in [5.41, 5.74) is 6.22. The number of aromatic nitrogens is 2. The van der Waals surface area contributed by atoms with Crippen molar-refractivity contribution in [3.63, 3.8) is 0 Å². The van der Waals surface area contributed by atoms with E-state index in [0.29, 0.717) is 6.42 Å². The Balaban J connectivity index is 1.44. The highest BCUT2D eigenvalue weighted by atomic mass is 16.3. The molecule has 0 unspecified atom stereocenters. The number of amides is 1. The highest BCUT2D eigenvalue weighted by Crippen LogP contribution is 2.25. The van der Waals surface area contributed by atoms with Gasteiger partial charge in [0.25, 0.3) is 0 Å². The van der Waals surface area contributed by atoms with Crippen LogP contribution in [0.2, 0.25) is 0 Å². The van der Waals surface area contributed by atoms with Gasteiger partial charge in [-0.3, -0.25) is 4.79 Å². The number of carbonyl (C=O) groups excluding carboxylic acids is 1. The van der Waals surface area contributed by atoms with Gasteiger partial charge in [-0.2, -0.15) is 0 Å². The summed E-state index contributed by atoms with van der Waals surface area (Å²) in [7, 11) is 0. The van der Waals surface area contributed by atoms with Crippen LogP contribution in [-0.2, 0) is 11.2 Å². The van der Waals surface area contributed by atoms with E-state index in [1.165, 1.54) is 11.1 Å². The van der Waals surface area contributed by atoms with Crippen molar-refractivity contribution >= 4 is 16.9 Å². The minimum Gasteiger partial charge on any atom is -0.464 e. The monoisotopic (exact) mass is 373 g/mol. The lowest BCUT2D eigenvalue weighted by Crippen LogP contribution is -2.28. The Morgan fingerprint density at radius 2 is 1.93 bits per heavy atom. The van der Waals surface area contributed by atoms with Crippen LogP contribution in [-0.4, -0.2) is 15.5 Å². The van der Waals surface area contributed by atoms with Crippen molar-refractivity contribution in [2.75, 3.05) is 0 Å². The van der Waals surface area contributed by atoms with E-state index < -0.39 is 0 Å². The molecule has 1 N–H and O–H groups in total. The lowest BCUT2D eigenvalue weighted by Gasteiger charge is -2.15. The van der Waals surface area contributed by atoms with E-state index >= 15 is 0 Å². The van der Waals surface area contributed by atoms with Crippen LogP contribution in [0.1, 0.15) is 35.2 Å². The summed E-state index contributed by atoms with van der Waals surface area (Å²) in [5, 5.41) is 4.09. The fraction of sp³-hybridized carbons (Fsp3) is 0.217. The van der Waals surface area contributed by atoms with Crippen LogP contribution in [0.4, 0.5) is 0 Å². The second kappa shape index (κ2) is 7.35. The molecule has 0 aliphatic heterocycles. The van der Waals surface area contributed by atoms with Crippen molar-refractivity contribution in [2.24, 2.45) is 0 Å². The summed E-state index contributed by atoms with van der Waals surface area (Å²) in [6.07, 6.45) is 7.40. The SMILES string of the molecule is Cc1cc2occ(CC(=O)N[C@@H](C)c3ccc(-n4ccnc4)cc3)c2cc1C. The molecule has 0 aliphatic rings. The van der Waals surface area contributed by atoms with Crippen LogP contribution in [0.5, 0.6) is 0 Å². The number of hydrogen-bond acceptors (Lipinski definition) is 3. The standard InChI is InChI=1S/C23H23N3O2/c1-15-10-21-19(13-28-22(21)11-16(15)2)12-23(27)25-17(3)18-4-6-20(7-5-18)26-9-8-24-14-26/h4-11,13-14,17H,12H2,1-3H3,(H,25,27)/t17-/m0/s1. The molecule has 0 fully saturated rings. The van der Waals surface area contributed by atoms with Crippen molar-refractivity contribution in [3.05, 3.63) is 83.6 Å². The van der Waals surface area contributed by atoms with Gasteiger partial charge in [0.05, 0.1) is 25.1 Å². The molecular formula is C23H23N3O2. The smallest absolute Gasteiger partial charge is 0.225 e. The van der Waals surface area contributed by atoms with Crippen molar-refractivity contribution in [2.45, 2.75) is 33.2 Å². The summed E-state index contributed by atoms with van der Waals surface area (Å²) in [5.74, 6) is -0.0212. The number of imidazole rings is 1. The normalized spacial score (nSPS) is 12.2. The molecule has 1 amide bonds. The molecule has 4 rings (SSSR count). The van der Waals surface area contributed by atoms with Crippen molar-refractivity contribution < 1.29 is 9.21 Å². The Morgan fingerprint density at radius 1 is 1.18 bits per heavy atom. The Labute approximate surface area is 164 Å². The molecule has 0 spiro atoms.